The lowest BCUT2D eigenvalue weighted by Crippen LogP contribution is -2.00. The van der Waals surface area contributed by atoms with Crippen LogP contribution < -0.4 is 0 Å². The molecule has 0 bridgehead atoms. The number of aromatic nitrogens is 3. The molecule has 3 aromatic heterocycles. The SMILES string of the molecule is N#Cc1cc(-c2ccc3c(c2)oc2cccc(-c4cccc5oc6ccccc6c45)c23)cc(-c2nc(-c3ccccc3)nc(-c3ccccc3)n2)c1. The molecule has 0 spiro atoms. The minimum Gasteiger partial charge on any atom is -0.456 e. The third kappa shape index (κ3) is 4.92. The van der Waals surface area contributed by atoms with Gasteiger partial charge >= 0.3 is 0 Å². The van der Waals surface area contributed by atoms with Crippen molar-refractivity contribution in [1.29, 1.82) is 5.26 Å². The van der Waals surface area contributed by atoms with E-state index in [2.05, 4.69) is 36.4 Å². The van der Waals surface area contributed by atoms with E-state index in [1.165, 1.54) is 0 Å². The van der Waals surface area contributed by atoms with E-state index in [-0.39, 0.29) is 0 Å². The first-order valence-corrected chi connectivity index (χ1v) is 17.0. The normalized spacial score (nSPS) is 11.4. The number of hydrogen-bond donors (Lipinski definition) is 0. The molecule has 6 nitrogen and oxygen atoms in total. The molecule has 0 aliphatic heterocycles. The van der Waals surface area contributed by atoms with Crippen molar-refractivity contribution in [3.8, 4) is 62.5 Å². The Kier molecular flexibility index (Phi) is 6.76. The summed E-state index contributed by atoms with van der Waals surface area (Å²) in [5, 5.41) is 14.4. The van der Waals surface area contributed by atoms with Gasteiger partial charge in [0.15, 0.2) is 17.5 Å². The van der Waals surface area contributed by atoms with Crippen molar-refractivity contribution in [2.24, 2.45) is 0 Å². The molecule has 0 aliphatic rings. The van der Waals surface area contributed by atoms with Crippen molar-refractivity contribution in [1.82, 2.24) is 15.0 Å². The minimum atomic E-state index is 0.487. The van der Waals surface area contributed by atoms with Gasteiger partial charge in [-0.2, -0.15) is 5.26 Å². The van der Waals surface area contributed by atoms with Gasteiger partial charge < -0.3 is 8.83 Å². The molecular weight excluding hydrogens is 641 g/mol. The number of benzene rings is 7. The Hall–Kier alpha value is -7.36. The number of hydrogen-bond acceptors (Lipinski definition) is 6. The van der Waals surface area contributed by atoms with Gasteiger partial charge in [-0.15, -0.1) is 0 Å². The molecular formula is C46H26N4O2. The van der Waals surface area contributed by atoms with Crippen LogP contribution >= 0.6 is 0 Å². The second kappa shape index (κ2) is 11.9. The fraction of sp³-hybridized carbons (Fsp3) is 0. The van der Waals surface area contributed by atoms with E-state index >= 15 is 0 Å². The lowest BCUT2D eigenvalue weighted by molar-refractivity contribution is 0.668. The van der Waals surface area contributed by atoms with Crippen molar-refractivity contribution in [3.05, 3.63) is 163 Å². The van der Waals surface area contributed by atoms with Crippen molar-refractivity contribution in [2.75, 3.05) is 0 Å². The third-order valence-corrected chi connectivity index (χ3v) is 9.54. The Bertz CT molecular complexity index is 2970. The molecule has 0 saturated carbocycles. The van der Waals surface area contributed by atoms with E-state index in [4.69, 9.17) is 23.8 Å². The van der Waals surface area contributed by atoms with E-state index in [9.17, 15) is 5.26 Å². The van der Waals surface area contributed by atoms with E-state index < -0.39 is 0 Å². The molecule has 0 fully saturated rings. The molecule has 6 heteroatoms. The lowest BCUT2D eigenvalue weighted by Gasteiger charge is -2.10. The van der Waals surface area contributed by atoms with Gasteiger partial charge in [-0.25, -0.2) is 15.0 Å². The summed E-state index contributed by atoms with van der Waals surface area (Å²) in [4.78, 5) is 14.6. The van der Waals surface area contributed by atoms with E-state index in [1.54, 1.807) is 0 Å². The van der Waals surface area contributed by atoms with Crippen LogP contribution in [0, 0.1) is 11.3 Å². The molecule has 0 N–H and O–H groups in total. The van der Waals surface area contributed by atoms with E-state index in [1.807, 2.05) is 127 Å². The summed E-state index contributed by atoms with van der Waals surface area (Å²) < 4.78 is 12.8. The van der Waals surface area contributed by atoms with Crippen LogP contribution in [-0.4, -0.2) is 15.0 Å². The molecule has 0 atom stereocenters. The smallest absolute Gasteiger partial charge is 0.164 e. The van der Waals surface area contributed by atoms with Crippen LogP contribution in [0.1, 0.15) is 5.56 Å². The number of nitrogens with zero attached hydrogens (tertiary/aromatic N) is 4. The van der Waals surface area contributed by atoms with Gasteiger partial charge in [0.25, 0.3) is 0 Å². The largest absolute Gasteiger partial charge is 0.456 e. The quantitative estimate of drug-likeness (QED) is 0.182. The molecule has 0 amide bonds. The first-order chi connectivity index (χ1) is 25.7. The maximum absolute atomic E-state index is 10.1. The summed E-state index contributed by atoms with van der Waals surface area (Å²) in [6, 6.07) is 54.6. The van der Waals surface area contributed by atoms with E-state index in [0.29, 0.717) is 23.0 Å². The standard InChI is InChI=1S/C46H26N4O2/c47-27-28-23-32(25-33(24-28)46-49-44(29-11-3-1-4-12-29)48-45(50-46)30-13-5-2-6-14-30)31-21-22-37-41(26-31)52-40-20-10-17-35(43(37)40)34-16-9-19-39-42(34)36-15-7-8-18-38(36)51-39/h1-26H. The van der Waals surface area contributed by atoms with Crippen molar-refractivity contribution in [2.45, 2.75) is 0 Å². The average molecular weight is 667 g/mol. The lowest BCUT2D eigenvalue weighted by atomic mass is 9.94. The highest BCUT2D eigenvalue weighted by atomic mass is 16.3. The van der Waals surface area contributed by atoms with Crippen molar-refractivity contribution in [3.63, 3.8) is 0 Å². The van der Waals surface area contributed by atoms with Gasteiger partial charge in [0.05, 0.1) is 11.6 Å². The zero-order valence-corrected chi connectivity index (χ0v) is 27.6. The molecule has 0 aliphatic carbocycles. The molecule has 10 rings (SSSR count). The first-order valence-electron chi connectivity index (χ1n) is 17.0. The first kappa shape index (κ1) is 29.5. The second-order valence-corrected chi connectivity index (χ2v) is 12.7. The summed E-state index contributed by atoms with van der Waals surface area (Å²) in [6.07, 6.45) is 0. The Balaban J connectivity index is 1.12. The predicted molar refractivity (Wildman–Crippen MR) is 206 cm³/mol. The summed E-state index contributed by atoms with van der Waals surface area (Å²) >= 11 is 0. The number of rotatable bonds is 5. The van der Waals surface area contributed by atoms with Gasteiger partial charge in [0, 0.05) is 38.2 Å². The number of para-hydroxylation sites is 1. The summed E-state index contributed by atoms with van der Waals surface area (Å²) in [6.45, 7) is 0. The van der Waals surface area contributed by atoms with Crippen LogP contribution in [0.2, 0.25) is 0 Å². The van der Waals surface area contributed by atoms with Gasteiger partial charge in [0.1, 0.15) is 22.3 Å². The predicted octanol–water partition coefficient (Wildman–Crippen LogP) is 11.9. The maximum Gasteiger partial charge on any atom is 0.164 e. The summed E-state index contributed by atoms with van der Waals surface area (Å²) in [5.74, 6) is 1.61. The van der Waals surface area contributed by atoms with Crippen LogP contribution in [0.25, 0.3) is 100 Å². The van der Waals surface area contributed by atoms with Gasteiger partial charge in [0.2, 0.25) is 0 Å². The van der Waals surface area contributed by atoms with Gasteiger partial charge in [-0.1, -0.05) is 109 Å². The van der Waals surface area contributed by atoms with Crippen LogP contribution in [0.5, 0.6) is 0 Å². The van der Waals surface area contributed by atoms with Crippen LogP contribution in [-0.2, 0) is 0 Å². The third-order valence-electron chi connectivity index (χ3n) is 9.54. The molecule has 52 heavy (non-hydrogen) atoms. The zero-order valence-electron chi connectivity index (χ0n) is 27.6. The second-order valence-electron chi connectivity index (χ2n) is 12.7. The highest BCUT2D eigenvalue weighted by Gasteiger charge is 2.19. The summed E-state index contributed by atoms with van der Waals surface area (Å²) in [7, 11) is 0. The fourth-order valence-corrected chi connectivity index (χ4v) is 7.15. The van der Waals surface area contributed by atoms with E-state index in [0.717, 1.165) is 82.8 Å². The van der Waals surface area contributed by atoms with Crippen LogP contribution in [0.15, 0.2) is 167 Å². The molecule has 0 unspecified atom stereocenters. The zero-order chi connectivity index (χ0) is 34.6. The number of fused-ring (bicyclic) bond motifs is 6. The minimum absolute atomic E-state index is 0.487. The van der Waals surface area contributed by atoms with Crippen LogP contribution in [0.4, 0.5) is 0 Å². The Morgan fingerprint density at radius 1 is 0.385 bits per heavy atom. The summed E-state index contributed by atoms with van der Waals surface area (Å²) in [5.41, 5.74) is 10.2. The molecule has 0 radical (unpaired) electrons. The number of nitriles is 1. The molecule has 0 saturated heterocycles. The Morgan fingerprint density at radius 3 is 1.54 bits per heavy atom. The van der Waals surface area contributed by atoms with Crippen molar-refractivity contribution >= 4 is 43.9 Å². The fourth-order valence-electron chi connectivity index (χ4n) is 7.15. The molecule has 10 aromatic rings. The average Bonchev–Trinajstić information content (AvgIpc) is 3.79. The van der Waals surface area contributed by atoms with Crippen molar-refractivity contribution < 1.29 is 8.83 Å². The van der Waals surface area contributed by atoms with Gasteiger partial charge in [-0.3, -0.25) is 0 Å². The molecule has 242 valence electrons. The Morgan fingerprint density at radius 2 is 0.904 bits per heavy atom. The topological polar surface area (TPSA) is 88.7 Å². The molecule has 7 aromatic carbocycles. The highest BCUT2D eigenvalue weighted by Crippen LogP contribution is 2.43. The maximum atomic E-state index is 10.1. The Labute approximate surface area is 297 Å². The molecule has 3 heterocycles. The number of furan rings is 2. The van der Waals surface area contributed by atoms with Crippen LogP contribution in [0.3, 0.4) is 0 Å². The highest BCUT2D eigenvalue weighted by molar-refractivity contribution is 6.19. The monoisotopic (exact) mass is 666 g/mol. The van der Waals surface area contributed by atoms with Gasteiger partial charge in [-0.05, 0) is 70.8 Å².